The first-order chi connectivity index (χ1) is 9.15. The van der Waals surface area contributed by atoms with Crippen molar-refractivity contribution in [2.45, 2.75) is 38.6 Å². The number of hydrogen-bond acceptors (Lipinski definition) is 3. The molecular weight excluding hydrogens is 259 g/mol. The first-order valence-electron chi connectivity index (χ1n) is 6.32. The van der Waals surface area contributed by atoms with Crippen molar-refractivity contribution >= 4 is 11.8 Å². The number of halogens is 1. The first kappa shape index (κ1) is 15.6. The van der Waals surface area contributed by atoms with Gasteiger partial charge in [0.25, 0.3) is 0 Å². The van der Waals surface area contributed by atoms with Crippen LogP contribution < -0.4 is 0 Å². The maximum Gasteiger partial charge on any atom is 0.188 e. The van der Waals surface area contributed by atoms with Gasteiger partial charge in [-0.1, -0.05) is 37.7 Å². The second-order valence-corrected chi connectivity index (χ2v) is 4.78. The normalized spacial score (nSPS) is 9.74. The lowest BCUT2D eigenvalue weighted by atomic mass is 10.2. The molecule has 0 spiro atoms. The van der Waals surface area contributed by atoms with Crippen LogP contribution in [-0.4, -0.2) is 9.97 Å². The lowest BCUT2D eigenvalue weighted by Crippen LogP contribution is -1.93. The van der Waals surface area contributed by atoms with Crippen molar-refractivity contribution in [3.05, 3.63) is 53.1 Å². The zero-order valence-electron chi connectivity index (χ0n) is 11.8. The molecule has 0 atom stereocenters. The predicted molar refractivity (Wildman–Crippen MR) is 78.8 cm³/mol. The van der Waals surface area contributed by atoms with Gasteiger partial charge in [0.1, 0.15) is 5.82 Å². The molecule has 0 aliphatic carbocycles. The first-order valence-corrected chi connectivity index (χ1v) is 7.31. The zero-order chi connectivity index (χ0) is 14.3. The Bertz CT molecular complexity index is 512. The van der Waals surface area contributed by atoms with Crippen molar-refractivity contribution in [3.63, 3.8) is 0 Å². The second kappa shape index (κ2) is 7.89. The molecule has 0 saturated heterocycles. The molecule has 0 aliphatic rings. The lowest BCUT2D eigenvalue weighted by molar-refractivity contribution is 0.627. The summed E-state index contributed by atoms with van der Waals surface area (Å²) in [7, 11) is 0. The van der Waals surface area contributed by atoms with Gasteiger partial charge in [-0.05, 0) is 37.1 Å². The lowest BCUT2D eigenvalue weighted by Gasteiger charge is -2.03. The van der Waals surface area contributed by atoms with Crippen LogP contribution >= 0.6 is 11.8 Å². The number of aryl methyl sites for hydroxylation is 2. The molecule has 0 amide bonds. The number of nitrogens with zero attached hydrogens (tertiary/aromatic N) is 2. The van der Waals surface area contributed by atoms with E-state index in [0.29, 0.717) is 0 Å². The van der Waals surface area contributed by atoms with Crippen LogP contribution in [-0.2, 0) is 5.75 Å². The Labute approximate surface area is 118 Å². The van der Waals surface area contributed by atoms with E-state index in [9.17, 15) is 4.39 Å². The summed E-state index contributed by atoms with van der Waals surface area (Å²) in [6.07, 6.45) is 1.83. The van der Waals surface area contributed by atoms with E-state index in [1.54, 1.807) is 23.9 Å². The van der Waals surface area contributed by atoms with Crippen molar-refractivity contribution in [2.75, 3.05) is 0 Å². The van der Waals surface area contributed by atoms with E-state index in [1.165, 1.54) is 12.1 Å². The summed E-state index contributed by atoms with van der Waals surface area (Å²) < 4.78 is 12.7. The van der Waals surface area contributed by atoms with Gasteiger partial charge in [0.15, 0.2) is 5.16 Å². The number of hydrogen-bond donors (Lipinski definition) is 0. The Morgan fingerprint density at radius 2 is 1.74 bits per heavy atom. The molecular formula is C15H19FN2S. The van der Waals surface area contributed by atoms with Gasteiger partial charge in [0.2, 0.25) is 0 Å². The van der Waals surface area contributed by atoms with Gasteiger partial charge in [-0.15, -0.1) is 0 Å². The second-order valence-electron chi connectivity index (χ2n) is 3.84. The molecule has 0 fully saturated rings. The van der Waals surface area contributed by atoms with E-state index in [1.807, 2.05) is 33.9 Å². The van der Waals surface area contributed by atoms with Gasteiger partial charge in [-0.2, -0.15) is 0 Å². The molecule has 19 heavy (non-hydrogen) atoms. The summed E-state index contributed by atoms with van der Waals surface area (Å²) in [5.74, 6) is 0.546. The van der Waals surface area contributed by atoms with Gasteiger partial charge in [0, 0.05) is 17.6 Å². The molecule has 0 aliphatic heterocycles. The van der Waals surface area contributed by atoms with Crippen molar-refractivity contribution in [2.24, 2.45) is 0 Å². The molecule has 1 heterocycles. The van der Waals surface area contributed by atoms with Crippen LogP contribution in [0.2, 0.25) is 0 Å². The average molecular weight is 278 g/mol. The molecule has 2 nitrogen and oxygen atoms in total. The Hall–Kier alpha value is -1.42. The van der Waals surface area contributed by atoms with Gasteiger partial charge >= 0.3 is 0 Å². The predicted octanol–water partition coefficient (Wildman–Crippen LogP) is 4.55. The zero-order valence-corrected chi connectivity index (χ0v) is 12.6. The summed E-state index contributed by atoms with van der Waals surface area (Å²) in [6.45, 7) is 7.96. The fraction of sp³-hybridized carbons (Fsp3) is 0.333. The monoisotopic (exact) mass is 278 g/mol. The fourth-order valence-corrected chi connectivity index (χ4v) is 2.12. The van der Waals surface area contributed by atoms with E-state index in [4.69, 9.17) is 0 Å². The highest BCUT2D eigenvalue weighted by atomic mass is 32.2. The number of rotatable bonds is 3. The topological polar surface area (TPSA) is 25.8 Å². The molecule has 0 N–H and O–H groups in total. The maximum absolute atomic E-state index is 12.7. The van der Waals surface area contributed by atoms with Crippen molar-refractivity contribution in [1.29, 1.82) is 0 Å². The van der Waals surface area contributed by atoms with E-state index >= 15 is 0 Å². The summed E-state index contributed by atoms with van der Waals surface area (Å²) >= 11 is 1.56. The number of benzene rings is 1. The van der Waals surface area contributed by atoms with Crippen LogP contribution in [0.15, 0.2) is 35.6 Å². The Kier molecular flexibility index (Phi) is 6.50. The molecule has 1 aromatic carbocycles. The third-order valence-electron chi connectivity index (χ3n) is 2.48. The molecule has 102 valence electrons. The molecule has 2 rings (SSSR count). The SMILES string of the molecule is CC.Cc1cnc(SCc2ccc(F)cc2)nc1C. The largest absolute Gasteiger partial charge is 0.231 e. The average Bonchev–Trinajstić information content (AvgIpc) is 2.44. The number of thioether (sulfide) groups is 1. The summed E-state index contributed by atoms with van der Waals surface area (Å²) in [6, 6.07) is 6.50. The van der Waals surface area contributed by atoms with Crippen molar-refractivity contribution in [1.82, 2.24) is 9.97 Å². The molecule has 1 aromatic heterocycles. The van der Waals surface area contributed by atoms with Gasteiger partial charge in [-0.3, -0.25) is 0 Å². The van der Waals surface area contributed by atoms with Crippen LogP contribution in [0.3, 0.4) is 0 Å². The van der Waals surface area contributed by atoms with Crippen molar-refractivity contribution in [3.8, 4) is 0 Å². The maximum atomic E-state index is 12.7. The van der Waals surface area contributed by atoms with Crippen LogP contribution in [0, 0.1) is 19.7 Å². The van der Waals surface area contributed by atoms with Crippen LogP contribution in [0.5, 0.6) is 0 Å². The smallest absolute Gasteiger partial charge is 0.188 e. The van der Waals surface area contributed by atoms with E-state index in [-0.39, 0.29) is 5.82 Å². The number of aromatic nitrogens is 2. The molecule has 0 unspecified atom stereocenters. The Morgan fingerprint density at radius 1 is 1.11 bits per heavy atom. The molecule has 0 saturated carbocycles. The fourth-order valence-electron chi connectivity index (χ4n) is 1.30. The minimum absolute atomic E-state index is 0.207. The van der Waals surface area contributed by atoms with Crippen molar-refractivity contribution < 1.29 is 4.39 Å². The third kappa shape index (κ3) is 4.99. The van der Waals surface area contributed by atoms with Gasteiger partial charge in [0.05, 0.1) is 0 Å². The van der Waals surface area contributed by atoms with E-state index < -0.39 is 0 Å². The Balaban J connectivity index is 0.000000861. The van der Waals surface area contributed by atoms with Crippen LogP contribution in [0.4, 0.5) is 4.39 Å². The Morgan fingerprint density at radius 3 is 2.32 bits per heavy atom. The highest BCUT2D eigenvalue weighted by Crippen LogP contribution is 2.19. The van der Waals surface area contributed by atoms with Gasteiger partial charge < -0.3 is 0 Å². The minimum Gasteiger partial charge on any atom is -0.231 e. The molecule has 0 bridgehead atoms. The minimum atomic E-state index is -0.207. The van der Waals surface area contributed by atoms with E-state index in [0.717, 1.165) is 27.7 Å². The molecule has 2 aromatic rings. The highest BCUT2D eigenvalue weighted by molar-refractivity contribution is 7.98. The van der Waals surface area contributed by atoms with Crippen LogP contribution in [0.1, 0.15) is 30.7 Å². The van der Waals surface area contributed by atoms with E-state index in [2.05, 4.69) is 9.97 Å². The third-order valence-corrected chi connectivity index (χ3v) is 3.42. The molecule has 0 radical (unpaired) electrons. The highest BCUT2D eigenvalue weighted by Gasteiger charge is 2.01. The van der Waals surface area contributed by atoms with Gasteiger partial charge in [-0.25, -0.2) is 14.4 Å². The summed E-state index contributed by atoms with van der Waals surface area (Å²) in [5, 5.41) is 0.762. The standard InChI is InChI=1S/C13H13FN2S.C2H6/c1-9-7-15-13(16-10(9)2)17-8-11-3-5-12(14)6-4-11;1-2/h3-7H,8H2,1-2H3;1-2H3. The van der Waals surface area contributed by atoms with Crippen LogP contribution in [0.25, 0.3) is 0 Å². The summed E-state index contributed by atoms with van der Waals surface area (Å²) in [5.41, 5.74) is 3.16. The summed E-state index contributed by atoms with van der Waals surface area (Å²) in [4.78, 5) is 8.63. The molecule has 4 heteroatoms. The quantitative estimate of drug-likeness (QED) is 0.608.